The molecule has 0 atom stereocenters. The molecule has 2 aromatic heterocycles. The highest BCUT2D eigenvalue weighted by Gasteiger charge is 2.10. The lowest BCUT2D eigenvalue weighted by atomic mass is 10.1. The van der Waals surface area contributed by atoms with Crippen molar-refractivity contribution in [3.8, 4) is 0 Å². The van der Waals surface area contributed by atoms with E-state index in [0.29, 0.717) is 11.5 Å². The number of hydrogen-bond acceptors (Lipinski definition) is 4. The molecule has 0 aliphatic carbocycles. The van der Waals surface area contributed by atoms with Crippen molar-refractivity contribution in [1.29, 1.82) is 0 Å². The van der Waals surface area contributed by atoms with E-state index in [1.165, 1.54) is 6.20 Å². The van der Waals surface area contributed by atoms with E-state index in [9.17, 15) is 4.79 Å². The number of carbonyl (C=O) groups excluding carboxylic acids is 1. The van der Waals surface area contributed by atoms with Crippen LogP contribution in [0.3, 0.4) is 0 Å². The minimum Gasteiger partial charge on any atom is -0.302 e. The average molecular weight is 231 g/mol. The molecular formula is C11H13N5O. The van der Waals surface area contributed by atoms with E-state index in [1.807, 2.05) is 26.0 Å². The fraction of sp³-hybridized carbons (Fsp3) is 0.273. The molecular weight excluding hydrogens is 218 g/mol. The number of amides is 1. The zero-order chi connectivity index (χ0) is 12.3. The zero-order valence-corrected chi connectivity index (χ0v) is 9.64. The molecule has 0 spiro atoms. The van der Waals surface area contributed by atoms with Crippen LogP contribution in [0.15, 0.2) is 24.4 Å². The van der Waals surface area contributed by atoms with Gasteiger partial charge in [0.25, 0.3) is 5.91 Å². The Kier molecular flexibility index (Phi) is 3.13. The van der Waals surface area contributed by atoms with Crippen LogP contribution in [0.2, 0.25) is 0 Å². The molecule has 0 saturated carbocycles. The topological polar surface area (TPSA) is 83.6 Å². The van der Waals surface area contributed by atoms with E-state index in [4.69, 9.17) is 0 Å². The van der Waals surface area contributed by atoms with Crippen LogP contribution in [0, 0.1) is 0 Å². The Morgan fingerprint density at radius 3 is 2.88 bits per heavy atom. The molecule has 1 amide bonds. The van der Waals surface area contributed by atoms with Crippen LogP contribution in [-0.2, 0) is 0 Å². The van der Waals surface area contributed by atoms with E-state index < -0.39 is 0 Å². The maximum absolute atomic E-state index is 11.8. The van der Waals surface area contributed by atoms with Crippen molar-refractivity contribution in [3.05, 3.63) is 35.8 Å². The number of anilines is 1. The van der Waals surface area contributed by atoms with Crippen molar-refractivity contribution in [2.24, 2.45) is 0 Å². The molecule has 0 saturated heterocycles. The fourth-order valence-corrected chi connectivity index (χ4v) is 1.34. The second-order valence-corrected chi connectivity index (χ2v) is 3.91. The number of aromatic nitrogens is 4. The van der Waals surface area contributed by atoms with E-state index in [2.05, 4.69) is 25.7 Å². The van der Waals surface area contributed by atoms with Gasteiger partial charge in [-0.05, 0) is 18.1 Å². The third kappa shape index (κ3) is 2.66. The van der Waals surface area contributed by atoms with Gasteiger partial charge in [-0.2, -0.15) is 10.3 Å². The largest absolute Gasteiger partial charge is 0.302 e. The molecule has 0 aromatic carbocycles. The summed E-state index contributed by atoms with van der Waals surface area (Å²) in [5, 5.41) is 12.4. The Hall–Kier alpha value is -2.24. The minimum atomic E-state index is -0.290. The molecule has 2 heterocycles. The smallest absolute Gasteiger partial charge is 0.275 e. The van der Waals surface area contributed by atoms with Crippen molar-refractivity contribution in [1.82, 2.24) is 20.4 Å². The second-order valence-electron chi connectivity index (χ2n) is 3.91. The van der Waals surface area contributed by atoms with Gasteiger partial charge in [0.2, 0.25) is 0 Å². The first kappa shape index (κ1) is 11.3. The molecule has 0 bridgehead atoms. The van der Waals surface area contributed by atoms with Crippen molar-refractivity contribution in [3.63, 3.8) is 0 Å². The molecule has 17 heavy (non-hydrogen) atoms. The van der Waals surface area contributed by atoms with Crippen LogP contribution < -0.4 is 5.32 Å². The quantitative estimate of drug-likeness (QED) is 0.839. The second kappa shape index (κ2) is 4.73. The van der Waals surface area contributed by atoms with Crippen LogP contribution in [-0.4, -0.2) is 26.3 Å². The summed E-state index contributed by atoms with van der Waals surface area (Å²) < 4.78 is 0. The number of aromatic amines is 1. The summed E-state index contributed by atoms with van der Waals surface area (Å²) >= 11 is 0. The lowest BCUT2D eigenvalue weighted by Gasteiger charge is -2.06. The van der Waals surface area contributed by atoms with Crippen molar-refractivity contribution < 1.29 is 4.79 Å². The van der Waals surface area contributed by atoms with Gasteiger partial charge in [-0.15, -0.1) is 5.10 Å². The minimum absolute atomic E-state index is 0.287. The third-order valence-corrected chi connectivity index (χ3v) is 2.25. The van der Waals surface area contributed by atoms with Gasteiger partial charge in [0.05, 0.1) is 6.20 Å². The molecule has 6 heteroatoms. The lowest BCUT2D eigenvalue weighted by molar-refractivity contribution is 0.102. The van der Waals surface area contributed by atoms with Gasteiger partial charge in [-0.1, -0.05) is 19.9 Å². The maximum Gasteiger partial charge on any atom is 0.275 e. The Morgan fingerprint density at radius 1 is 1.41 bits per heavy atom. The van der Waals surface area contributed by atoms with Gasteiger partial charge in [0.1, 0.15) is 5.69 Å². The normalized spacial score (nSPS) is 10.5. The van der Waals surface area contributed by atoms with Gasteiger partial charge in [-0.3, -0.25) is 4.79 Å². The molecule has 2 rings (SSSR count). The fourth-order valence-electron chi connectivity index (χ4n) is 1.34. The predicted octanol–water partition coefficient (Wildman–Crippen LogP) is 1.58. The summed E-state index contributed by atoms with van der Waals surface area (Å²) in [6, 6.07) is 5.39. The molecule has 0 aliphatic heterocycles. The Morgan fingerprint density at radius 2 is 2.24 bits per heavy atom. The number of nitrogens with one attached hydrogen (secondary N) is 2. The number of carbonyl (C=O) groups is 1. The molecule has 0 unspecified atom stereocenters. The summed E-state index contributed by atoms with van der Waals surface area (Å²) in [4.78, 5) is 16.1. The molecule has 0 fully saturated rings. The molecule has 2 N–H and O–H groups in total. The Bertz CT molecular complexity index is 506. The van der Waals surface area contributed by atoms with Crippen LogP contribution in [0.4, 0.5) is 5.82 Å². The Balaban J connectivity index is 2.16. The van der Waals surface area contributed by atoms with Gasteiger partial charge in [-0.25, -0.2) is 4.98 Å². The average Bonchev–Trinajstić information content (AvgIpc) is 2.82. The first-order valence-electron chi connectivity index (χ1n) is 5.31. The number of hydrogen-bond donors (Lipinski definition) is 2. The molecule has 0 radical (unpaired) electrons. The Labute approximate surface area is 98.5 Å². The van der Waals surface area contributed by atoms with Crippen molar-refractivity contribution in [2.45, 2.75) is 19.8 Å². The first-order chi connectivity index (χ1) is 8.16. The van der Waals surface area contributed by atoms with E-state index in [-0.39, 0.29) is 11.8 Å². The monoisotopic (exact) mass is 231 g/mol. The third-order valence-electron chi connectivity index (χ3n) is 2.25. The van der Waals surface area contributed by atoms with Crippen LogP contribution in [0.5, 0.6) is 0 Å². The van der Waals surface area contributed by atoms with E-state index in [0.717, 1.165) is 5.69 Å². The number of H-pyrrole nitrogens is 1. The summed E-state index contributed by atoms with van der Waals surface area (Å²) in [6.45, 7) is 4.06. The number of nitrogens with zero attached hydrogens (tertiary/aromatic N) is 3. The van der Waals surface area contributed by atoms with Crippen LogP contribution in [0.1, 0.15) is 35.9 Å². The van der Waals surface area contributed by atoms with Gasteiger partial charge in [0, 0.05) is 5.69 Å². The lowest BCUT2D eigenvalue weighted by Crippen LogP contribution is -2.14. The predicted molar refractivity (Wildman–Crippen MR) is 62.7 cm³/mol. The molecule has 0 aliphatic rings. The summed E-state index contributed by atoms with van der Waals surface area (Å²) in [7, 11) is 0. The number of rotatable bonds is 3. The van der Waals surface area contributed by atoms with Crippen LogP contribution in [0.25, 0.3) is 0 Å². The maximum atomic E-state index is 11.8. The number of pyridine rings is 1. The van der Waals surface area contributed by atoms with Crippen LogP contribution >= 0.6 is 0 Å². The van der Waals surface area contributed by atoms with Crippen molar-refractivity contribution in [2.75, 3.05) is 5.32 Å². The SMILES string of the molecule is CC(C)c1cccc(C(=O)Nc2cn[nH]n2)n1. The molecule has 88 valence electrons. The van der Waals surface area contributed by atoms with Gasteiger partial charge < -0.3 is 5.32 Å². The molecule has 2 aromatic rings. The van der Waals surface area contributed by atoms with Crippen molar-refractivity contribution >= 4 is 11.7 Å². The highest BCUT2D eigenvalue weighted by Crippen LogP contribution is 2.12. The zero-order valence-electron chi connectivity index (χ0n) is 9.64. The van der Waals surface area contributed by atoms with E-state index in [1.54, 1.807) is 6.07 Å². The van der Waals surface area contributed by atoms with E-state index >= 15 is 0 Å². The summed E-state index contributed by atoms with van der Waals surface area (Å²) in [5.41, 5.74) is 1.26. The van der Waals surface area contributed by atoms with Gasteiger partial charge >= 0.3 is 0 Å². The first-order valence-corrected chi connectivity index (χ1v) is 5.31. The molecule has 6 nitrogen and oxygen atoms in total. The highest BCUT2D eigenvalue weighted by molar-refractivity contribution is 6.02. The summed E-state index contributed by atoms with van der Waals surface area (Å²) in [6.07, 6.45) is 1.43. The summed E-state index contributed by atoms with van der Waals surface area (Å²) in [5.74, 6) is 0.378. The highest BCUT2D eigenvalue weighted by atomic mass is 16.2. The standard InChI is InChI=1S/C11H13N5O/c1-7(2)8-4-3-5-9(13-8)11(17)14-10-6-12-16-15-10/h3-7H,1-2H3,(H2,12,14,15,16,17). The van der Waals surface area contributed by atoms with Gasteiger partial charge in [0.15, 0.2) is 5.82 Å².